The standard InChI is InChI=1S/C26H37NO5/c1-26(2,3)25(29)32-27-16-15-24(28)22-13-10-14-23(19-22)31-18-9-5-8-17-30-20-21-11-6-4-7-12-21/h4,6-7,10-14,19,24,27-28H,5,8-9,15-18,20H2,1-3H3. The van der Waals surface area contributed by atoms with Gasteiger partial charge in [0.1, 0.15) is 5.75 Å². The minimum atomic E-state index is -0.666. The third-order valence-corrected chi connectivity index (χ3v) is 4.85. The lowest BCUT2D eigenvalue weighted by Gasteiger charge is -2.17. The molecule has 0 spiro atoms. The zero-order valence-electron chi connectivity index (χ0n) is 19.5. The molecule has 2 aromatic rings. The lowest BCUT2D eigenvalue weighted by atomic mass is 9.98. The van der Waals surface area contributed by atoms with E-state index in [4.69, 9.17) is 14.3 Å². The molecular weight excluding hydrogens is 406 g/mol. The second-order valence-corrected chi connectivity index (χ2v) is 8.86. The summed E-state index contributed by atoms with van der Waals surface area (Å²) in [5.41, 5.74) is 4.04. The maximum absolute atomic E-state index is 11.7. The topological polar surface area (TPSA) is 77.0 Å². The van der Waals surface area contributed by atoms with Gasteiger partial charge in [0.15, 0.2) is 0 Å². The summed E-state index contributed by atoms with van der Waals surface area (Å²) in [6.07, 6.45) is 2.74. The smallest absolute Gasteiger partial charge is 0.329 e. The maximum atomic E-state index is 11.7. The number of ether oxygens (including phenoxy) is 2. The molecule has 0 radical (unpaired) electrons. The van der Waals surface area contributed by atoms with Crippen LogP contribution in [0.3, 0.4) is 0 Å². The van der Waals surface area contributed by atoms with E-state index in [-0.39, 0.29) is 5.97 Å². The van der Waals surface area contributed by atoms with Gasteiger partial charge < -0.3 is 19.4 Å². The number of rotatable bonds is 14. The Hall–Kier alpha value is -2.41. The predicted molar refractivity (Wildman–Crippen MR) is 125 cm³/mol. The fourth-order valence-corrected chi connectivity index (χ4v) is 2.88. The third kappa shape index (κ3) is 10.3. The molecular formula is C26H37NO5. The van der Waals surface area contributed by atoms with Gasteiger partial charge in [-0.1, -0.05) is 42.5 Å². The summed E-state index contributed by atoms with van der Waals surface area (Å²) in [6, 6.07) is 17.7. The predicted octanol–water partition coefficient (Wildman–Crippen LogP) is 4.97. The summed E-state index contributed by atoms with van der Waals surface area (Å²) in [4.78, 5) is 16.7. The molecule has 0 aliphatic rings. The first-order valence-electron chi connectivity index (χ1n) is 11.3. The Balaban J connectivity index is 1.57. The van der Waals surface area contributed by atoms with E-state index in [0.29, 0.717) is 26.2 Å². The van der Waals surface area contributed by atoms with E-state index in [0.717, 1.165) is 37.2 Å². The van der Waals surface area contributed by atoms with Crippen LogP contribution in [0.25, 0.3) is 0 Å². The van der Waals surface area contributed by atoms with Gasteiger partial charge in [-0.2, -0.15) is 5.48 Å². The molecule has 32 heavy (non-hydrogen) atoms. The Morgan fingerprint density at radius 3 is 2.50 bits per heavy atom. The van der Waals surface area contributed by atoms with Gasteiger partial charge in [0.2, 0.25) is 0 Å². The zero-order valence-corrected chi connectivity index (χ0v) is 19.5. The van der Waals surface area contributed by atoms with E-state index in [1.807, 2.05) is 42.5 Å². The van der Waals surface area contributed by atoms with Gasteiger partial charge in [-0.3, -0.25) is 0 Å². The highest BCUT2D eigenvalue weighted by molar-refractivity contribution is 5.75. The SMILES string of the molecule is CC(C)(C)C(=O)ONCCC(O)c1cccc(OCCCCCOCc2ccccc2)c1. The summed E-state index contributed by atoms with van der Waals surface area (Å²) in [5.74, 6) is 0.416. The monoisotopic (exact) mass is 443 g/mol. The number of carbonyl (C=O) groups is 1. The van der Waals surface area contributed by atoms with Gasteiger partial charge in [0, 0.05) is 13.2 Å². The Labute approximate surface area is 191 Å². The van der Waals surface area contributed by atoms with E-state index in [9.17, 15) is 9.90 Å². The van der Waals surface area contributed by atoms with Gasteiger partial charge in [-0.05, 0) is 69.7 Å². The molecule has 0 aliphatic carbocycles. The highest BCUT2D eigenvalue weighted by atomic mass is 16.7. The van der Waals surface area contributed by atoms with Crippen molar-refractivity contribution in [1.82, 2.24) is 5.48 Å². The molecule has 0 aromatic heterocycles. The second kappa shape index (κ2) is 13.9. The minimum absolute atomic E-state index is 0.329. The van der Waals surface area contributed by atoms with Crippen molar-refractivity contribution in [1.29, 1.82) is 0 Å². The number of carbonyl (C=O) groups excluding carboxylic acids is 1. The highest BCUT2D eigenvalue weighted by Crippen LogP contribution is 2.22. The summed E-state index contributed by atoms with van der Waals surface area (Å²) in [7, 11) is 0. The summed E-state index contributed by atoms with van der Waals surface area (Å²) in [6.45, 7) is 7.76. The van der Waals surface area contributed by atoms with Crippen LogP contribution in [-0.4, -0.2) is 30.8 Å². The van der Waals surface area contributed by atoms with E-state index in [2.05, 4.69) is 17.6 Å². The van der Waals surface area contributed by atoms with Crippen molar-refractivity contribution in [2.24, 2.45) is 5.41 Å². The zero-order chi connectivity index (χ0) is 23.2. The van der Waals surface area contributed by atoms with Crippen LogP contribution >= 0.6 is 0 Å². The average molecular weight is 444 g/mol. The van der Waals surface area contributed by atoms with Crippen molar-refractivity contribution in [3.63, 3.8) is 0 Å². The van der Waals surface area contributed by atoms with Crippen LogP contribution in [0.4, 0.5) is 0 Å². The molecule has 6 heteroatoms. The van der Waals surface area contributed by atoms with Crippen molar-refractivity contribution in [2.75, 3.05) is 19.8 Å². The second-order valence-electron chi connectivity index (χ2n) is 8.86. The van der Waals surface area contributed by atoms with Gasteiger partial charge in [-0.25, -0.2) is 4.79 Å². The van der Waals surface area contributed by atoms with Crippen LogP contribution < -0.4 is 10.2 Å². The Kier molecular flexibility index (Phi) is 11.2. The van der Waals surface area contributed by atoms with Crippen LogP contribution in [0.1, 0.15) is 63.7 Å². The van der Waals surface area contributed by atoms with Gasteiger partial charge in [0.05, 0.1) is 24.7 Å². The summed E-state index contributed by atoms with van der Waals surface area (Å²) in [5, 5.41) is 10.4. The molecule has 1 atom stereocenters. The van der Waals surface area contributed by atoms with E-state index < -0.39 is 11.5 Å². The normalized spacial score (nSPS) is 12.4. The van der Waals surface area contributed by atoms with Crippen LogP contribution in [0, 0.1) is 5.41 Å². The molecule has 0 amide bonds. The van der Waals surface area contributed by atoms with Crippen LogP contribution in [-0.2, 0) is 21.0 Å². The van der Waals surface area contributed by atoms with Crippen LogP contribution in [0.5, 0.6) is 5.75 Å². The molecule has 2 rings (SSSR count). The van der Waals surface area contributed by atoms with E-state index >= 15 is 0 Å². The quantitative estimate of drug-likeness (QED) is 0.317. The van der Waals surface area contributed by atoms with E-state index in [1.165, 1.54) is 5.56 Å². The van der Waals surface area contributed by atoms with Gasteiger partial charge >= 0.3 is 5.97 Å². The molecule has 176 valence electrons. The number of hydrogen-bond donors (Lipinski definition) is 2. The molecule has 1 unspecified atom stereocenters. The molecule has 2 N–H and O–H groups in total. The van der Waals surface area contributed by atoms with Crippen molar-refractivity contribution in [3.05, 3.63) is 65.7 Å². The summed E-state index contributed by atoms with van der Waals surface area (Å²) < 4.78 is 11.5. The van der Waals surface area contributed by atoms with Crippen molar-refractivity contribution in [2.45, 2.75) is 59.2 Å². The first-order chi connectivity index (χ1) is 15.4. The molecule has 0 aliphatic heterocycles. The highest BCUT2D eigenvalue weighted by Gasteiger charge is 2.23. The molecule has 0 saturated heterocycles. The third-order valence-electron chi connectivity index (χ3n) is 4.85. The van der Waals surface area contributed by atoms with E-state index in [1.54, 1.807) is 20.8 Å². The van der Waals surface area contributed by atoms with Crippen LogP contribution in [0.15, 0.2) is 54.6 Å². The summed E-state index contributed by atoms with van der Waals surface area (Å²) >= 11 is 0. The molecule has 0 bridgehead atoms. The molecule has 0 heterocycles. The maximum Gasteiger partial charge on any atom is 0.329 e. The number of hydroxylamine groups is 1. The van der Waals surface area contributed by atoms with Crippen molar-refractivity contribution < 1.29 is 24.2 Å². The first-order valence-corrected chi connectivity index (χ1v) is 11.3. The fourth-order valence-electron chi connectivity index (χ4n) is 2.88. The minimum Gasteiger partial charge on any atom is -0.494 e. The lowest BCUT2D eigenvalue weighted by Crippen LogP contribution is -2.30. The first kappa shape index (κ1) is 25.8. The Morgan fingerprint density at radius 1 is 1.00 bits per heavy atom. The molecule has 2 aromatic carbocycles. The number of aliphatic hydroxyl groups is 1. The molecule has 0 fully saturated rings. The number of hydrogen-bond acceptors (Lipinski definition) is 6. The van der Waals surface area contributed by atoms with Gasteiger partial charge in [0.25, 0.3) is 0 Å². The fraction of sp³-hybridized carbons (Fsp3) is 0.500. The van der Waals surface area contributed by atoms with Crippen LogP contribution in [0.2, 0.25) is 0 Å². The molecule has 0 saturated carbocycles. The number of aliphatic hydroxyl groups excluding tert-OH is 1. The average Bonchev–Trinajstić information content (AvgIpc) is 2.78. The van der Waals surface area contributed by atoms with Crippen molar-refractivity contribution in [3.8, 4) is 5.75 Å². The lowest BCUT2D eigenvalue weighted by molar-refractivity contribution is -0.161. The number of unbranched alkanes of at least 4 members (excludes halogenated alkanes) is 2. The number of nitrogens with one attached hydrogen (secondary N) is 1. The Bertz CT molecular complexity index is 788. The van der Waals surface area contributed by atoms with Crippen molar-refractivity contribution >= 4 is 5.97 Å². The van der Waals surface area contributed by atoms with Gasteiger partial charge in [-0.15, -0.1) is 0 Å². The number of benzene rings is 2. The Morgan fingerprint density at radius 2 is 1.75 bits per heavy atom. The molecule has 6 nitrogen and oxygen atoms in total. The largest absolute Gasteiger partial charge is 0.494 e.